The van der Waals surface area contributed by atoms with Crippen molar-refractivity contribution < 1.29 is 9.59 Å². The Morgan fingerprint density at radius 2 is 1.76 bits per heavy atom. The molecule has 1 saturated carbocycles. The molecule has 1 aromatic rings. The minimum atomic E-state index is -0.282. The second-order valence-electron chi connectivity index (χ2n) is 4.95. The number of hydrogen-bond donors (Lipinski definition) is 3. The van der Waals surface area contributed by atoms with E-state index in [1.54, 1.807) is 12.1 Å². The van der Waals surface area contributed by atoms with Gasteiger partial charge in [-0.3, -0.25) is 14.5 Å². The quantitative estimate of drug-likeness (QED) is 0.387. The molecule has 0 atom stereocenters. The van der Waals surface area contributed by atoms with Gasteiger partial charge >= 0.3 is 0 Å². The third-order valence-corrected chi connectivity index (χ3v) is 3.30. The molecule has 1 heterocycles. The number of nitrogens with zero attached hydrogens (tertiary/aromatic N) is 3. The van der Waals surface area contributed by atoms with Crippen LogP contribution in [-0.4, -0.2) is 34.7 Å². The van der Waals surface area contributed by atoms with Crippen LogP contribution in [-0.2, 0) is 0 Å². The van der Waals surface area contributed by atoms with Gasteiger partial charge in [0, 0.05) is 6.04 Å². The summed E-state index contributed by atoms with van der Waals surface area (Å²) in [5.41, 5.74) is 17.1. The first-order valence-electron chi connectivity index (χ1n) is 6.43. The van der Waals surface area contributed by atoms with Gasteiger partial charge in [-0.2, -0.15) is 4.99 Å². The van der Waals surface area contributed by atoms with Gasteiger partial charge in [0.15, 0.2) is 5.96 Å². The summed E-state index contributed by atoms with van der Waals surface area (Å²) >= 11 is 0. The average molecular weight is 286 g/mol. The molecule has 1 aliphatic carbocycles. The van der Waals surface area contributed by atoms with E-state index in [4.69, 9.17) is 17.2 Å². The summed E-state index contributed by atoms with van der Waals surface area (Å²) in [5.74, 6) is -0.852. The first-order chi connectivity index (χ1) is 9.97. The monoisotopic (exact) mass is 286 g/mol. The highest BCUT2D eigenvalue weighted by atomic mass is 16.2. The first-order valence-corrected chi connectivity index (χ1v) is 6.43. The van der Waals surface area contributed by atoms with Gasteiger partial charge in [0.05, 0.1) is 16.8 Å². The predicted octanol–water partition coefficient (Wildman–Crippen LogP) is -0.335. The van der Waals surface area contributed by atoms with E-state index in [0.29, 0.717) is 16.8 Å². The van der Waals surface area contributed by atoms with E-state index >= 15 is 0 Å². The molecule has 1 aliphatic heterocycles. The molecule has 8 nitrogen and oxygen atoms in total. The van der Waals surface area contributed by atoms with Crippen LogP contribution in [0.1, 0.15) is 33.6 Å². The van der Waals surface area contributed by atoms with Crippen molar-refractivity contribution >= 4 is 29.4 Å². The molecule has 1 fully saturated rings. The fourth-order valence-electron chi connectivity index (χ4n) is 2.27. The Morgan fingerprint density at radius 1 is 1.10 bits per heavy atom. The molecule has 3 rings (SSSR count). The fourth-order valence-corrected chi connectivity index (χ4v) is 2.27. The molecular weight excluding hydrogens is 272 g/mol. The third-order valence-electron chi connectivity index (χ3n) is 3.30. The number of imide groups is 1. The van der Waals surface area contributed by atoms with E-state index in [2.05, 4.69) is 9.98 Å². The second kappa shape index (κ2) is 4.58. The molecule has 0 radical (unpaired) electrons. The van der Waals surface area contributed by atoms with E-state index < -0.39 is 0 Å². The summed E-state index contributed by atoms with van der Waals surface area (Å²) in [6.07, 6.45) is 1.74. The molecule has 0 unspecified atom stereocenters. The van der Waals surface area contributed by atoms with E-state index in [9.17, 15) is 9.59 Å². The number of guanidine groups is 2. The molecule has 2 aliphatic rings. The number of benzene rings is 1. The van der Waals surface area contributed by atoms with Gasteiger partial charge in [-0.05, 0) is 31.0 Å². The molecule has 0 spiro atoms. The molecule has 0 saturated heterocycles. The standard InChI is InChI=1S/C13H14N6O2/c14-12(15)18-13(16)17-6-1-4-8-9(5-6)11(21)19(10(8)20)7-2-3-7/h1,4-5,7H,2-3H2,(H6,14,15,16,17,18). The molecule has 2 amide bonds. The maximum atomic E-state index is 12.3. The van der Waals surface area contributed by atoms with Crippen molar-refractivity contribution in [3.05, 3.63) is 29.3 Å². The number of fused-ring (bicyclic) bond motifs is 1. The Hall–Kier alpha value is -2.90. The van der Waals surface area contributed by atoms with Gasteiger partial charge < -0.3 is 17.2 Å². The summed E-state index contributed by atoms with van der Waals surface area (Å²) in [6.45, 7) is 0. The van der Waals surface area contributed by atoms with Crippen LogP contribution in [0.5, 0.6) is 0 Å². The van der Waals surface area contributed by atoms with Crippen LogP contribution in [0.15, 0.2) is 28.2 Å². The summed E-state index contributed by atoms with van der Waals surface area (Å²) in [5, 5.41) is 0. The van der Waals surface area contributed by atoms with Crippen LogP contribution in [0.2, 0.25) is 0 Å². The van der Waals surface area contributed by atoms with Crippen LogP contribution in [0.4, 0.5) is 5.69 Å². The van der Waals surface area contributed by atoms with Gasteiger partial charge in [0.25, 0.3) is 11.8 Å². The number of rotatable bonds is 2. The van der Waals surface area contributed by atoms with Gasteiger partial charge in [-0.25, -0.2) is 4.99 Å². The van der Waals surface area contributed by atoms with Crippen LogP contribution in [0.3, 0.4) is 0 Å². The minimum absolute atomic E-state index is 0.0380. The van der Waals surface area contributed by atoms with Crippen molar-refractivity contribution in [1.82, 2.24) is 4.90 Å². The lowest BCUT2D eigenvalue weighted by Crippen LogP contribution is -2.31. The molecular formula is C13H14N6O2. The minimum Gasteiger partial charge on any atom is -0.370 e. The van der Waals surface area contributed by atoms with Crippen molar-refractivity contribution in [2.45, 2.75) is 18.9 Å². The second-order valence-corrected chi connectivity index (χ2v) is 4.95. The van der Waals surface area contributed by atoms with E-state index in [1.807, 2.05) is 0 Å². The van der Waals surface area contributed by atoms with Crippen molar-refractivity contribution in [2.75, 3.05) is 0 Å². The maximum absolute atomic E-state index is 12.3. The highest BCUT2D eigenvalue weighted by molar-refractivity contribution is 6.22. The number of carbonyl (C=O) groups excluding carboxylic acids is 2. The Bertz CT molecular complexity index is 701. The van der Waals surface area contributed by atoms with Gasteiger partial charge in [0.1, 0.15) is 0 Å². The lowest BCUT2D eigenvalue weighted by atomic mass is 10.1. The van der Waals surface area contributed by atoms with Crippen molar-refractivity contribution in [2.24, 2.45) is 27.2 Å². The van der Waals surface area contributed by atoms with Crippen LogP contribution in [0.25, 0.3) is 0 Å². The Morgan fingerprint density at radius 3 is 2.38 bits per heavy atom. The molecule has 6 N–H and O–H groups in total. The molecule has 108 valence electrons. The number of carbonyl (C=O) groups is 2. The van der Waals surface area contributed by atoms with E-state index in [0.717, 1.165) is 12.8 Å². The summed E-state index contributed by atoms with van der Waals surface area (Å²) in [4.78, 5) is 33.3. The largest absolute Gasteiger partial charge is 0.370 e. The van der Waals surface area contributed by atoms with E-state index in [1.165, 1.54) is 11.0 Å². The van der Waals surface area contributed by atoms with Gasteiger partial charge in [-0.1, -0.05) is 0 Å². The van der Waals surface area contributed by atoms with E-state index in [-0.39, 0.29) is 29.8 Å². The lowest BCUT2D eigenvalue weighted by Gasteiger charge is -2.11. The molecule has 0 aromatic heterocycles. The molecule has 0 bridgehead atoms. The van der Waals surface area contributed by atoms with Crippen LogP contribution < -0.4 is 17.2 Å². The number of aliphatic imine (C=N–C) groups is 2. The summed E-state index contributed by atoms with van der Waals surface area (Å²) in [6, 6.07) is 4.72. The zero-order valence-electron chi connectivity index (χ0n) is 11.1. The third kappa shape index (κ3) is 2.31. The summed E-state index contributed by atoms with van der Waals surface area (Å²) < 4.78 is 0. The maximum Gasteiger partial charge on any atom is 0.261 e. The highest BCUT2D eigenvalue weighted by Gasteiger charge is 2.44. The molecule has 8 heteroatoms. The SMILES string of the molecule is NC(N)=NC(N)=Nc1ccc2c(c1)C(=O)N(C1CC1)C2=O. The molecule has 21 heavy (non-hydrogen) atoms. The fraction of sp³-hybridized carbons (Fsp3) is 0.231. The number of amides is 2. The van der Waals surface area contributed by atoms with Crippen molar-refractivity contribution in [3.63, 3.8) is 0 Å². The van der Waals surface area contributed by atoms with Crippen molar-refractivity contribution in [1.29, 1.82) is 0 Å². The van der Waals surface area contributed by atoms with Gasteiger partial charge in [-0.15, -0.1) is 0 Å². The Kier molecular flexibility index (Phi) is 2.86. The summed E-state index contributed by atoms with van der Waals surface area (Å²) in [7, 11) is 0. The Labute approximate surface area is 120 Å². The highest BCUT2D eigenvalue weighted by Crippen LogP contribution is 2.35. The van der Waals surface area contributed by atoms with Crippen molar-refractivity contribution in [3.8, 4) is 0 Å². The zero-order valence-corrected chi connectivity index (χ0v) is 11.1. The predicted molar refractivity (Wildman–Crippen MR) is 77.1 cm³/mol. The number of nitrogens with two attached hydrogens (primary N) is 3. The molecule has 1 aromatic carbocycles. The lowest BCUT2D eigenvalue weighted by molar-refractivity contribution is 0.0642. The van der Waals surface area contributed by atoms with Crippen LogP contribution >= 0.6 is 0 Å². The Balaban J connectivity index is 1.95. The zero-order chi connectivity index (χ0) is 15.1. The smallest absolute Gasteiger partial charge is 0.261 e. The van der Waals surface area contributed by atoms with Gasteiger partial charge in [0.2, 0.25) is 5.96 Å². The topological polar surface area (TPSA) is 140 Å². The first kappa shape index (κ1) is 13.1. The average Bonchev–Trinajstić information content (AvgIpc) is 3.18. The normalized spacial score (nSPS) is 17.9. The number of hydrogen-bond acceptors (Lipinski definition) is 3. The van der Waals surface area contributed by atoms with Crippen LogP contribution in [0, 0.1) is 0 Å².